The standard InChI is InChI=1S/C25H25ClF2N3O7P/c1-14(32)19-11-30(21-7-15(5-6-18(19)21)13-38-39(35,36)37)12-23(33)31-10-17(27)8-22(31)25(34)29-9-16-3-2-4-20(26)24(16)28/h2-7,11,17,22H,8-10,12-13H2,1H3,(H,29,34)(H2,35,36,37)/t17-,22+/m1/s1. The number of benzene rings is 2. The zero-order valence-electron chi connectivity index (χ0n) is 20.6. The number of halogens is 3. The van der Waals surface area contributed by atoms with E-state index in [0.717, 1.165) is 4.90 Å². The minimum atomic E-state index is -4.73. The maximum atomic E-state index is 14.4. The molecule has 1 aromatic heterocycles. The second kappa shape index (κ2) is 11.5. The zero-order valence-corrected chi connectivity index (χ0v) is 22.3. The number of Topliss-reactive ketones (excluding diaryl/α,β-unsaturated/α-hetero) is 1. The van der Waals surface area contributed by atoms with Crippen molar-refractivity contribution in [2.45, 2.75) is 45.3 Å². The minimum Gasteiger partial charge on any atom is -0.350 e. The van der Waals surface area contributed by atoms with Gasteiger partial charge in [0.25, 0.3) is 0 Å². The van der Waals surface area contributed by atoms with Gasteiger partial charge in [0.2, 0.25) is 11.8 Å². The average molecular weight is 584 g/mol. The van der Waals surface area contributed by atoms with Crippen LogP contribution >= 0.6 is 19.4 Å². The van der Waals surface area contributed by atoms with Crippen LogP contribution in [-0.4, -0.2) is 55.6 Å². The highest BCUT2D eigenvalue weighted by Gasteiger charge is 2.39. The number of alkyl halides is 1. The molecule has 2 amide bonds. The average Bonchev–Trinajstić information content (AvgIpc) is 3.43. The molecule has 1 saturated heterocycles. The number of aromatic nitrogens is 1. The van der Waals surface area contributed by atoms with E-state index in [1.165, 1.54) is 48.0 Å². The Labute approximate surface area is 226 Å². The second-order valence-electron chi connectivity index (χ2n) is 9.17. The van der Waals surface area contributed by atoms with Gasteiger partial charge in [0.05, 0.1) is 18.2 Å². The SMILES string of the molecule is CC(=O)c1cn(CC(=O)N2C[C@H](F)C[C@H]2C(=O)NCc2cccc(Cl)c2F)c2cc(COP(=O)(O)O)ccc12. The first-order valence-corrected chi connectivity index (χ1v) is 13.7. The molecule has 0 spiro atoms. The number of phosphoric acid groups is 1. The molecule has 39 heavy (non-hydrogen) atoms. The lowest BCUT2D eigenvalue weighted by Crippen LogP contribution is -2.46. The summed E-state index contributed by atoms with van der Waals surface area (Å²) in [4.78, 5) is 57.4. The molecule has 0 saturated carbocycles. The fraction of sp³-hybridized carbons (Fsp3) is 0.320. The number of carbonyl (C=O) groups is 3. The Hall–Kier alpha value is -3.15. The number of hydrogen-bond donors (Lipinski definition) is 3. The molecule has 10 nitrogen and oxygen atoms in total. The fourth-order valence-corrected chi connectivity index (χ4v) is 5.04. The number of nitrogens with zero attached hydrogens (tertiary/aromatic N) is 2. The molecular weight excluding hydrogens is 559 g/mol. The summed E-state index contributed by atoms with van der Waals surface area (Å²) >= 11 is 5.77. The third-order valence-electron chi connectivity index (χ3n) is 6.39. The Morgan fingerprint density at radius 2 is 1.97 bits per heavy atom. The van der Waals surface area contributed by atoms with Gasteiger partial charge in [0.15, 0.2) is 5.78 Å². The normalized spacial score (nSPS) is 17.5. The van der Waals surface area contributed by atoms with Crippen molar-refractivity contribution in [1.29, 1.82) is 0 Å². The topological polar surface area (TPSA) is 138 Å². The summed E-state index contributed by atoms with van der Waals surface area (Å²) in [7, 11) is -4.73. The van der Waals surface area contributed by atoms with Crippen molar-refractivity contribution >= 4 is 47.9 Å². The van der Waals surface area contributed by atoms with E-state index in [4.69, 9.17) is 21.4 Å². The van der Waals surface area contributed by atoms with Gasteiger partial charge in [-0.25, -0.2) is 13.3 Å². The summed E-state index contributed by atoms with van der Waals surface area (Å²) in [6, 6.07) is 7.84. The van der Waals surface area contributed by atoms with Crippen molar-refractivity contribution in [1.82, 2.24) is 14.8 Å². The minimum absolute atomic E-state index is 0.108. The van der Waals surface area contributed by atoms with Crippen LogP contribution in [0.25, 0.3) is 10.9 Å². The van der Waals surface area contributed by atoms with Gasteiger partial charge < -0.3 is 24.6 Å². The lowest BCUT2D eigenvalue weighted by molar-refractivity contribution is -0.139. The van der Waals surface area contributed by atoms with E-state index in [2.05, 4.69) is 9.84 Å². The van der Waals surface area contributed by atoms with Crippen LogP contribution in [-0.2, 0) is 38.4 Å². The number of rotatable bonds is 9. The maximum Gasteiger partial charge on any atom is 0.469 e. The first kappa shape index (κ1) is 28.8. The summed E-state index contributed by atoms with van der Waals surface area (Å²) in [5.41, 5.74) is 1.23. The Balaban J connectivity index is 1.54. The smallest absolute Gasteiger partial charge is 0.350 e. The molecule has 1 fully saturated rings. The molecule has 0 radical (unpaired) electrons. The number of nitrogens with one attached hydrogen (secondary N) is 1. The molecule has 208 valence electrons. The van der Waals surface area contributed by atoms with Gasteiger partial charge in [-0.1, -0.05) is 35.9 Å². The van der Waals surface area contributed by atoms with E-state index in [-0.39, 0.29) is 42.4 Å². The van der Waals surface area contributed by atoms with Crippen molar-refractivity contribution in [2.75, 3.05) is 6.54 Å². The first-order valence-electron chi connectivity index (χ1n) is 11.8. The van der Waals surface area contributed by atoms with Crippen molar-refractivity contribution in [3.8, 4) is 0 Å². The Morgan fingerprint density at radius 1 is 1.23 bits per heavy atom. The first-order chi connectivity index (χ1) is 18.3. The van der Waals surface area contributed by atoms with Crippen molar-refractivity contribution in [3.63, 3.8) is 0 Å². The Morgan fingerprint density at radius 3 is 2.67 bits per heavy atom. The lowest BCUT2D eigenvalue weighted by atomic mass is 10.1. The van der Waals surface area contributed by atoms with Crippen LogP contribution in [0, 0.1) is 5.82 Å². The van der Waals surface area contributed by atoms with E-state index in [1.807, 2.05) is 0 Å². The molecule has 2 heterocycles. The molecule has 3 aromatic rings. The number of fused-ring (bicyclic) bond motifs is 1. The predicted molar refractivity (Wildman–Crippen MR) is 137 cm³/mol. The van der Waals surface area contributed by atoms with Gasteiger partial charge in [-0.3, -0.25) is 18.9 Å². The summed E-state index contributed by atoms with van der Waals surface area (Å²) < 4.78 is 45.6. The van der Waals surface area contributed by atoms with Crippen molar-refractivity contribution < 1.29 is 42.0 Å². The van der Waals surface area contributed by atoms with E-state index < -0.39 is 44.3 Å². The Bertz CT molecular complexity index is 1490. The Kier molecular flexibility index (Phi) is 8.53. The van der Waals surface area contributed by atoms with E-state index in [0.29, 0.717) is 22.0 Å². The zero-order chi connectivity index (χ0) is 28.5. The number of ketones is 1. The van der Waals surface area contributed by atoms with E-state index in [9.17, 15) is 27.7 Å². The molecule has 1 aliphatic heterocycles. The van der Waals surface area contributed by atoms with E-state index in [1.54, 1.807) is 6.07 Å². The highest BCUT2D eigenvalue weighted by molar-refractivity contribution is 7.46. The van der Waals surface area contributed by atoms with Crippen LogP contribution in [0.5, 0.6) is 0 Å². The fourth-order valence-electron chi connectivity index (χ4n) is 4.53. The molecule has 1 aliphatic rings. The molecule has 2 aromatic carbocycles. The number of hydrogen-bond acceptors (Lipinski definition) is 5. The summed E-state index contributed by atoms with van der Waals surface area (Å²) in [5, 5.41) is 2.92. The van der Waals surface area contributed by atoms with Crippen LogP contribution in [0.3, 0.4) is 0 Å². The third-order valence-corrected chi connectivity index (χ3v) is 7.15. The molecule has 0 aliphatic carbocycles. The molecule has 3 N–H and O–H groups in total. The predicted octanol–water partition coefficient (Wildman–Crippen LogP) is 3.50. The monoisotopic (exact) mass is 583 g/mol. The molecular formula is C25H25ClF2N3O7P. The number of amides is 2. The summed E-state index contributed by atoms with van der Waals surface area (Å²) in [6.45, 7) is 0.0713. The largest absolute Gasteiger partial charge is 0.469 e. The molecule has 14 heteroatoms. The van der Waals surface area contributed by atoms with Gasteiger partial charge in [0, 0.05) is 41.2 Å². The second-order valence-corrected chi connectivity index (χ2v) is 10.8. The molecule has 0 bridgehead atoms. The van der Waals surface area contributed by atoms with Crippen molar-refractivity contribution in [3.05, 3.63) is 70.1 Å². The third kappa shape index (κ3) is 6.71. The summed E-state index contributed by atoms with van der Waals surface area (Å²) in [6.07, 6.45) is -0.221. The quantitative estimate of drug-likeness (QED) is 0.259. The van der Waals surface area contributed by atoms with Gasteiger partial charge >= 0.3 is 7.82 Å². The van der Waals surface area contributed by atoms with Crippen LogP contribution in [0.2, 0.25) is 5.02 Å². The maximum absolute atomic E-state index is 14.4. The van der Waals surface area contributed by atoms with Crippen LogP contribution in [0.1, 0.15) is 34.8 Å². The van der Waals surface area contributed by atoms with Gasteiger partial charge in [0.1, 0.15) is 24.6 Å². The van der Waals surface area contributed by atoms with Crippen LogP contribution in [0.4, 0.5) is 8.78 Å². The number of phosphoric ester groups is 1. The van der Waals surface area contributed by atoms with Crippen LogP contribution in [0.15, 0.2) is 42.6 Å². The molecule has 0 unspecified atom stereocenters. The molecule has 2 atom stereocenters. The number of carbonyl (C=O) groups excluding carboxylic acids is 3. The highest BCUT2D eigenvalue weighted by atomic mass is 35.5. The van der Waals surface area contributed by atoms with Crippen LogP contribution < -0.4 is 5.32 Å². The van der Waals surface area contributed by atoms with Gasteiger partial charge in [-0.15, -0.1) is 0 Å². The van der Waals surface area contributed by atoms with Gasteiger partial charge in [-0.05, 0) is 24.6 Å². The molecule has 4 rings (SSSR count). The lowest BCUT2D eigenvalue weighted by Gasteiger charge is -2.24. The highest BCUT2D eigenvalue weighted by Crippen LogP contribution is 2.37. The van der Waals surface area contributed by atoms with Gasteiger partial charge in [-0.2, -0.15) is 0 Å². The van der Waals surface area contributed by atoms with Crippen molar-refractivity contribution in [2.24, 2.45) is 0 Å². The van der Waals surface area contributed by atoms with E-state index >= 15 is 0 Å². The summed E-state index contributed by atoms with van der Waals surface area (Å²) in [5.74, 6) is -2.20. The number of likely N-dealkylation sites (tertiary alicyclic amines) is 1.